The van der Waals surface area contributed by atoms with E-state index in [1.807, 2.05) is 18.2 Å². The average Bonchev–Trinajstić information content (AvgIpc) is 1.89. The van der Waals surface area contributed by atoms with E-state index in [0.717, 1.165) is 5.69 Å². The number of hydrogen-bond donors (Lipinski definition) is 2. The molecule has 0 unspecified atom stereocenters. The Hall–Kier alpha value is -0.830. The van der Waals surface area contributed by atoms with Gasteiger partial charge in [0.05, 0.1) is 5.69 Å². The van der Waals surface area contributed by atoms with Crippen LogP contribution in [0.1, 0.15) is 0 Å². The zero-order valence-electron chi connectivity index (χ0n) is 4.79. The van der Waals surface area contributed by atoms with Crippen LogP contribution in [-0.2, 0) is 12.8 Å². The van der Waals surface area contributed by atoms with Gasteiger partial charge in [-0.3, -0.25) is 0 Å². The van der Waals surface area contributed by atoms with Crippen molar-refractivity contribution in [2.24, 2.45) is 0 Å². The van der Waals surface area contributed by atoms with E-state index in [1.54, 1.807) is 6.07 Å². The summed E-state index contributed by atoms with van der Waals surface area (Å²) in [6.45, 7) is 0. The molecule has 0 aliphatic heterocycles. The van der Waals surface area contributed by atoms with E-state index < -0.39 is 0 Å². The zero-order valence-corrected chi connectivity index (χ0v) is 5.61. The SMILES string of the molecule is Nc1ccccc1N[S-]. The Kier molecular flexibility index (Phi) is 1.85. The lowest BCUT2D eigenvalue weighted by Gasteiger charge is -2.11. The first-order chi connectivity index (χ1) is 4.34. The third-order valence-corrected chi connectivity index (χ3v) is 1.29. The molecular formula is C6H7N2S-. The lowest BCUT2D eigenvalue weighted by molar-refractivity contribution is 1.67. The molecule has 0 fully saturated rings. The van der Waals surface area contributed by atoms with Gasteiger partial charge in [0, 0.05) is 5.69 Å². The maximum absolute atomic E-state index is 5.50. The summed E-state index contributed by atoms with van der Waals surface area (Å²) in [4.78, 5) is 0. The molecule has 0 aliphatic carbocycles. The Morgan fingerprint density at radius 3 is 2.44 bits per heavy atom. The van der Waals surface area contributed by atoms with Gasteiger partial charge >= 0.3 is 0 Å². The van der Waals surface area contributed by atoms with Crippen molar-refractivity contribution in [3.8, 4) is 0 Å². The topological polar surface area (TPSA) is 38.0 Å². The van der Waals surface area contributed by atoms with Gasteiger partial charge in [-0.25, -0.2) is 0 Å². The van der Waals surface area contributed by atoms with Crippen molar-refractivity contribution in [2.45, 2.75) is 0 Å². The molecular weight excluding hydrogens is 132 g/mol. The van der Waals surface area contributed by atoms with Crippen LogP contribution in [-0.4, -0.2) is 0 Å². The predicted octanol–water partition coefficient (Wildman–Crippen LogP) is 1.14. The van der Waals surface area contributed by atoms with Crippen molar-refractivity contribution in [1.82, 2.24) is 0 Å². The summed E-state index contributed by atoms with van der Waals surface area (Å²) < 4.78 is 2.55. The molecule has 3 N–H and O–H groups in total. The Labute approximate surface area is 59.6 Å². The summed E-state index contributed by atoms with van der Waals surface area (Å²) in [5, 5.41) is 0. The molecule has 2 nitrogen and oxygen atoms in total. The van der Waals surface area contributed by atoms with Crippen molar-refractivity contribution in [1.29, 1.82) is 0 Å². The Morgan fingerprint density at radius 2 is 2.00 bits per heavy atom. The summed E-state index contributed by atoms with van der Waals surface area (Å²) in [6.07, 6.45) is 0. The number of nitrogens with one attached hydrogen (secondary N) is 1. The molecule has 0 aromatic heterocycles. The molecule has 0 amide bonds. The smallest absolute Gasteiger partial charge is 0.0532 e. The Bertz CT molecular complexity index is 200. The number of hydrogen-bond acceptors (Lipinski definition) is 3. The number of para-hydroxylation sites is 2. The molecule has 0 radical (unpaired) electrons. The van der Waals surface area contributed by atoms with E-state index in [9.17, 15) is 0 Å². The van der Waals surface area contributed by atoms with Gasteiger partial charge in [0.1, 0.15) is 0 Å². The number of anilines is 2. The first-order valence-corrected chi connectivity index (χ1v) is 2.98. The van der Waals surface area contributed by atoms with Gasteiger partial charge in [-0.15, -0.1) is 0 Å². The summed E-state index contributed by atoms with van der Waals surface area (Å²) in [5.41, 5.74) is 6.99. The second-order valence-electron chi connectivity index (χ2n) is 1.69. The fraction of sp³-hybridized carbons (Fsp3) is 0. The second kappa shape index (κ2) is 2.64. The minimum absolute atomic E-state index is 0.688. The third-order valence-electron chi connectivity index (χ3n) is 1.07. The molecule has 0 heterocycles. The molecule has 0 saturated heterocycles. The lowest BCUT2D eigenvalue weighted by Crippen LogP contribution is -1.92. The van der Waals surface area contributed by atoms with E-state index in [0.29, 0.717) is 5.69 Å². The summed E-state index contributed by atoms with van der Waals surface area (Å²) in [6, 6.07) is 7.38. The van der Waals surface area contributed by atoms with Gasteiger partial charge in [-0.1, -0.05) is 12.1 Å². The summed E-state index contributed by atoms with van der Waals surface area (Å²) in [5.74, 6) is 0. The highest BCUT2D eigenvalue weighted by atomic mass is 32.1. The number of benzene rings is 1. The van der Waals surface area contributed by atoms with Crippen LogP contribution in [0.4, 0.5) is 11.4 Å². The standard InChI is InChI=1S/C6H7N2S/c7-5-3-1-2-4-6(5)8-9/h1-4,8H,7H2/q-1. The molecule has 48 valence electrons. The van der Waals surface area contributed by atoms with E-state index in [-0.39, 0.29) is 0 Å². The molecule has 0 bridgehead atoms. The maximum Gasteiger partial charge on any atom is 0.0532 e. The van der Waals surface area contributed by atoms with Crippen LogP contribution in [0.3, 0.4) is 0 Å². The average molecular weight is 139 g/mol. The van der Waals surface area contributed by atoms with Gasteiger partial charge in [0.2, 0.25) is 0 Å². The highest BCUT2D eigenvalue weighted by Gasteiger charge is 1.86. The third kappa shape index (κ3) is 1.29. The van der Waals surface area contributed by atoms with Crippen LogP contribution in [0.15, 0.2) is 24.3 Å². The predicted molar refractivity (Wildman–Crippen MR) is 41.8 cm³/mol. The van der Waals surface area contributed by atoms with Gasteiger partial charge < -0.3 is 23.3 Å². The highest BCUT2D eigenvalue weighted by molar-refractivity contribution is 7.60. The number of rotatable bonds is 1. The van der Waals surface area contributed by atoms with E-state index in [4.69, 9.17) is 5.73 Å². The molecule has 0 saturated carbocycles. The quantitative estimate of drug-likeness (QED) is 0.452. The number of nitrogens with two attached hydrogens (primary N) is 1. The fourth-order valence-electron chi connectivity index (χ4n) is 0.590. The van der Waals surface area contributed by atoms with Crippen LogP contribution in [0, 0.1) is 0 Å². The Balaban J connectivity index is 3.01. The van der Waals surface area contributed by atoms with Crippen molar-refractivity contribution in [3.05, 3.63) is 24.3 Å². The van der Waals surface area contributed by atoms with Crippen LogP contribution in [0.5, 0.6) is 0 Å². The fourth-order valence-corrected chi connectivity index (χ4v) is 0.776. The van der Waals surface area contributed by atoms with E-state index in [1.165, 1.54) is 0 Å². The zero-order chi connectivity index (χ0) is 6.69. The molecule has 0 aliphatic rings. The minimum Gasteiger partial charge on any atom is -0.670 e. The Morgan fingerprint density at radius 1 is 1.33 bits per heavy atom. The van der Waals surface area contributed by atoms with E-state index >= 15 is 0 Å². The maximum atomic E-state index is 5.50. The lowest BCUT2D eigenvalue weighted by atomic mass is 10.3. The van der Waals surface area contributed by atoms with Crippen molar-refractivity contribution < 1.29 is 0 Å². The van der Waals surface area contributed by atoms with Crippen LogP contribution in [0.2, 0.25) is 0 Å². The van der Waals surface area contributed by atoms with Crippen molar-refractivity contribution in [3.63, 3.8) is 0 Å². The molecule has 9 heavy (non-hydrogen) atoms. The van der Waals surface area contributed by atoms with Gasteiger partial charge in [0.25, 0.3) is 0 Å². The van der Waals surface area contributed by atoms with Crippen LogP contribution in [0.25, 0.3) is 0 Å². The molecule has 0 atom stereocenters. The molecule has 1 rings (SSSR count). The van der Waals surface area contributed by atoms with Crippen molar-refractivity contribution >= 4 is 24.2 Å². The highest BCUT2D eigenvalue weighted by Crippen LogP contribution is 2.14. The monoisotopic (exact) mass is 139 g/mol. The van der Waals surface area contributed by atoms with E-state index in [2.05, 4.69) is 17.5 Å². The van der Waals surface area contributed by atoms with Crippen molar-refractivity contribution in [2.75, 3.05) is 10.5 Å². The molecule has 1 aromatic rings. The molecule has 1 aromatic carbocycles. The molecule has 0 spiro atoms. The first kappa shape index (κ1) is 6.29. The minimum atomic E-state index is 0.688. The van der Waals surface area contributed by atoms with Gasteiger partial charge in [0.15, 0.2) is 0 Å². The first-order valence-electron chi connectivity index (χ1n) is 2.57. The largest absolute Gasteiger partial charge is 0.670 e. The molecule has 3 heteroatoms. The van der Waals surface area contributed by atoms with Crippen LogP contribution >= 0.6 is 0 Å². The number of nitrogen functional groups attached to an aromatic ring is 1. The van der Waals surface area contributed by atoms with Gasteiger partial charge in [-0.2, -0.15) is 0 Å². The summed E-state index contributed by atoms with van der Waals surface area (Å²) in [7, 11) is 0. The van der Waals surface area contributed by atoms with Crippen LogP contribution < -0.4 is 10.5 Å². The second-order valence-corrected chi connectivity index (χ2v) is 1.89. The normalized spacial score (nSPS) is 9.00. The summed E-state index contributed by atoms with van der Waals surface area (Å²) >= 11 is 4.58. The van der Waals surface area contributed by atoms with Gasteiger partial charge in [-0.05, 0) is 12.1 Å².